The zero-order valence-electron chi connectivity index (χ0n) is 12.9. The highest BCUT2D eigenvalue weighted by Gasteiger charge is 2.68. The summed E-state index contributed by atoms with van der Waals surface area (Å²) in [5.41, 5.74) is 0.487. The molecule has 2 aliphatic rings. The molecule has 1 saturated heterocycles. The van der Waals surface area contributed by atoms with Crippen LogP contribution in [0, 0.1) is 10.8 Å². The molecular weight excluding hydrogens is 276 g/mol. The molecule has 1 aliphatic carbocycles. The molecule has 1 aromatic heterocycles. The van der Waals surface area contributed by atoms with E-state index in [1.54, 1.807) is 0 Å². The number of nitrogens with one attached hydrogen (secondary N) is 1. The van der Waals surface area contributed by atoms with Crippen LogP contribution in [-0.4, -0.2) is 41.7 Å². The number of aromatic nitrogens is 2. The van der Waals surface area contributed by atoms with E-state index in [0.717, 1.165) is 31.3 Å². The van der Waals surface area contributed by atoms with Crippen molar-refractivity contribution >= 4 is 12.4 Å². The van der Waals surface area contributed by atoms with Gasteiger partial charge in [-0.05, 0) is 17.9 Å². The average Bonchev–Trinajstić information content (AvgIpc) is 2.70. The van der Waals surface area contributed by atoms with Gasteiger partial charge in [0.2, 0.25) is 5.89 Å². The lowest BCUT2D eigenvalue weighted by molar-refractivity contribution is 0.190. The zero-order valence-corrected chi connectivity index (χ0v) is 13.8. The van der Waals surface area contributed by atoms with Crippen molar-refractivity contribution in [2.45, 2.75) is 39.7 Å². The Morgan fingerprint density at radius 2 is 1.90 bits per heavy atom. The normalized spacial score (nSPS) is 28.9. The van der Waals surface area contributed by atoms with Crippen molar-refractivity contribution in [3.05, 3.63) is 11.7 Å². The molecule has 0 radical (unpaired) electrons. The van der Waals surface area contributed by atoms with E-state index in [1.165, 1.54) is 0 Å². The average molecular weight is 301 g/mol. The third-order valence-electron chi connectivity index (χ3n) is 5.53. The maximum absolute atomic E-state index is 5.55. The second-order valence-electron chi connectivity index (χ2n) is 7.07. The summed E-state index contributed by atoms with van der Waals surface area (Å²) in [5.74, 6) is 2.01. The highest BCUT2D eigenvalue weighted by atomic mass is 35.5. The molecule has 1 aliphatic heterocycles. The molecule has 1 saturated carbocycles. The Kier molecular flexibility index (Phi) is 3.91. The number of halogens is 1. The van der Waals surface area contributed by atoms with Crippen LogP contribution in [0.1, 0.15) is 51.4 Å². The Morgan fingerprint density at radius 1 is 1.25 bits per heavy atom. The minimum atomic E-state index is 0. The molecule has 2 heterocycles. The van der Waals surface area contributed by atoms with Crippen LogP contribution < -0.4 is 5.32 Å². The van der Waals surface area contributed by atoms with Crippen LogP contribution in [0.15, 0.2) is 4.52 Å². The first-order valence-electron chi connectivity index (χ1n) is 7.10. The van der Waals surface area contributed by atoms with Gasteiger partial charge in [0.05, 0.1) is 6.04 Å². The topological polar surface area (TPSA) is 54.2 Å². The molecule has 6 heteroatoms. The van der Waals surface area contributed by atoms with Crippen molar-refractivity contribution in [3.8, 4) is 0 Å². The smallest absolute Gasteiger partial charge is 0.230 e. The van der Waals surface area contributed by atoms with Crippen molar-refractivity contribution in [1.82, 2.24) is 20.4 Å². The standard InChI is InChI=1S/C14H24N4O.ClH/c1-13(2)10(14(13,3)4)12-16-11(17-19-12)9-8-15-6-7-18(9)5;/h9-10,15H,6-8H2,1-5H3;1H. The summed E-state index contributed by atoms with van der Waals surface area (Å²) in [7, 11) is 2.12. The van der Waals surface area contributed by atoms with E-state index >= 15 is 0 Å². The van der Waals surface area contributed by atoms with Crippen LogP contribution in [0.3, 0.4) is 0 Å². The van der Waals surface area contributed by atoms with E-state index < -0.39 is 0 Å². The van der Waals surface area contributed by atoms with E-state index in [1.807, 2.05) is 0 Å². The largest absolute Gasteiger partial charge is 0.339 e. The van der Waals surface area contributed by atoms with E-state index in [9.17, 15) is 0 Å². The van der Waals surface area contributed by atoms with Gasteiger partial charge in [-0.2, -0.15) is 4.98 Å². The number of likely N-dealkylation sites (N-methyl/N-ethyl adjacent to an activating group) is 1. The number of hydrogen-bond donors (Lipinski definition) is 1. The SMILES string of the molecule is CN1CCNCC1c1noc(C2C(C)(C)C2(C)C)n1.Cl. The number of hydrogen-bond acceptors (Lipinski definition) is 5. The maximum Gasteiger partial charge on any atom is 0.230 e. The van der Waals surface area contributed by atoms with Crippen LogP contribution in [0.4, 0.5) is 0 Å². The molecule has 114 valence electrons. The van der Waals surface area contributed by atoms with Gasteiger partial charge in [-0.3, -0.25) is 4.90 Å². The quantitative estimate of drug-likeness (QED) is 0.907. The Morgan fingerprint density at radius 3 is 2.45 bits per heavy atom. The molecule has 0 amide bonds. The van der Waals surface area contributed by atoms with E-state index in [2.05, 4.69) is 55.1 Å². The van der Waals surface area contributed by atoms with E-state index in [0.29, 0.717) is 5.92 Å². The van der Waals surface area contributed by atoms with Gasteiger partial charge in [-0.15, -0.1) is 12.4 Å². The summed E-state index contributed by atoms with van der Waals surface area (Å²) in [4.78, 5) is 6.96. The fourth-order valence-electron chi connectivity index (χ4n) is 3.41. The molecule has 5 nitrogen and oxygen atoms in total. The van der Waals surface area contributed by atoms with Gasteiger partial charge in [-0.1, -0.05) is 32.9 Å². The third-order valence-corrected chi connectivity index (χ3v) is 5.53. The van der Waals surface area contributed by atoms with Gasteiger partial charge >= 0.3 is 0 Å². The first-order chi connectivity index (χ1) is 8.85. The Labute approximate surface area is 126 Å². The molecule has 0 spiro atoms. The summed E-state index contributed by atoms with van der Waals surface area (Å²) >= 11 is 0. The van der Waals surface area contributed by atoms with Crippen LogP contribution in [0.25, 0.3) is 0 Å². The lowest BCUT2D eigenvalue weighted by Crippen LogP contribution is -2.44. The molecule has 1 atom stereocenters. The highest BCUT2D eigenvalue weighted by molar-refractivity contribution is 5.85. The van der Waals surface area contributed by atoms with E-state index in [4.69, 9.17) is 4.52 Å². The first-order valence-corrected chi connectivity index (χ1v) is 7.10. The van der Waals surface area contributed by atoms with Gasteiger partial charge in [0.1, 0.15) is 0 Å². The molecule has 1 unspecified atom stereocenters. The number of nitrogens with zero attached hydrogens (tertiary/aromatic N) is 3. The lowest BCUT2D eigenvalue weighted by atomic mass is 10.0. The summed E-state index contributed by atoms with van der Waals surface area (Å²) in [5, 5.41) is 7.60. The van der Waals surface area contributed by atoms with E-state index in [-0.39, 0.29) is 29.3 Å². The minimum Gasteiger partial charge on any atom is -0.339 e. The van der Waals surface area contributed by atoms with Crippen molar-refractivity contribution in [2.24, 2.45) is 10.8 Å². The predicted molar refractivity (Wildman–Crippen MR) is 80.1 cm³/mol. The van der Waals surface area contributed by atoms with Crippen LogP contribution in [0.2, 0.25) is 0 Å². The fourth-order valence-corrected chi connectivity index (χ4v) is 3.41. The molecule has 1 N–H and O–H groups in total. The van der Waals surface area contributed by atoms with Gasteiger partial charge in [0, 0.05) is 25.6 Å². The zero-order chi connectivity index (χ0) is 13.8. The van der Waals surface area contributed by atoms with Crippen molar-refractivity contribution < 1.29 is 4.52 Å². The van der Waals surface area contributed by atoms with Crippen LogP contribution >= 0.6 is 12.4 Å². The minimum absolute atomic E-state index is 0. The monoisotopic (exact) mass is 300 g/mol. The molecule has 2 fully saturated rings. The van der Waals surface area contributed by atoms with Gasteiger partial charge in [-0.25, -0.2) is 0 Å². The molecule has 3 rings (SSSR count). The van der Waals surface area contributed by atoms with Crippen LogP contribution in [-0.2, 0) is 0 Å². The summed E-state index contributed by atoms with van der Waals surface area (Å²) in [6.07, 6.45) is 0. The second-order valence-corrected chi connectivity index (χ2v) is 7.07. The van der Waals surface area contributed by atoms with Crippen molar-refractivity contribution in [2.75, 3.05) is 26.7 Å². The maximum atomic E-state index is 5.55. The first kappa shape index (κ1) is 15.7. The Bertz CT molecular complexity index is 471. The predicted octanol–water partition coefficient (Wildman–Crippen LogP) is 2.22. The van der Waals surface area contributed by atoms with Crippen molar-refractivity contribution in [3.63, 3.8) is 0 Å². The summed E-state index contributed by atoms with van der Waals surface area (Å²) < 4.78 is 5.55. The molecule has 0 aromatic carbocycles. The van der Waals surface area contributed by atoms with Crippen LogP contribution in [0.5, 0.6) is 0 Å². The summed E-state index contributed by atoms with van der Waals surface area (Å²) in [6.45, 7) is 12.0. The summed E-state index contributed by atoms with van der Waals surface area (Å²) in [6, 6.07) is 0.233. The molecular formula is C14H25ClN4O. The van der Waals surface area contributed by atoms with Crippen molar-refractivity contribution in [1.29, 1.82) is 0 Å². The molecule has 1 aromatic rings. The third kappa shape index (κ3) is 2.16. The Hall–Kier alpha value is -0.650. The highest BCUT2D eigenvalue weighted by Crippen LogP contribution is 2.73. The van der Waals surface area contributed by atoms with Gasteiger partial charge in [0.25, 0.3) is 0 Å². The Balaban J connectivity index is 0.00000147. The second kappa shape index (κ2) is 4.97. The molecule has 20 heavy (non-hydrogen) atoms. The lowest BCUT2D eigenvalue weighted by Gasteiger charge is -2.30. The number of piperazine rings is 1. The number of rotatable bonds is 2. The fraction of sp³-hybridized carbons (Fsp3) is 0.857. The van der Waals surface area contributed by atoms with Gasteiger partial charge in [0.15, 0.2) is 5.82 Å². The molecule has 0 bridgehead atoms. The van der Waals surface area contributed by atoms with Gasteiger partial charge < -0.3 is 9.84 Å².